The standard InChI is InChI=1S/C30H31N3O4/c1-33(28-13-7-8-18-31-28)19-20-37-24-16-14-22(15-17-24)21-27(30(35)36)32-26-12-6-5-11-25(26)29(34)23-9-3-2-4-10-23/h2-18,27,29,32,34H,19-21H2,1H3,(H,35,36)/t27-,29-/m0/s1. The highest BCUT2D eigenvalue weighted by atomic mass is 16.5. The van der Waals surface area contributed by atoms with Crippen LogP contribution in [0.3, 0.4) is 0 Å². The van der Waals surface area contributed by atoms with Crippen molar-refractivity contribution in [2.45, 2.75) is 18.6 Å². The monoisotopic (exact) mass is 497 g/mol. The number of pyridine rings is 1. The Kier molecular flexibility index (Phi) is 8.73. The SMILES string of the molecule is CN(CCOc1ccc(C[C@H](Nc2ccccc2[C@@H](O)c2ccccc2)C(=O)O)cc1)c1ccccn1. The molecule has 2 atom stereocenters. The first-order valence-corrected chi connectivity index (χ1v) is 12.2. The molecule has 0 aliphatic rings. The molecule has 1 heterocycles. The number of aliphatic carboxylic acids is 1. The maximum absolute atomic E-state index is 12.1. The molecular formula is C30H31N3O4. The van der Waals surface area contributed by atoms with Gasteiger partial charge in [0.15, 0.2) is 0 Å². The predicted molar refractivity (Wildman–Crippen MR) is 145 cm³/mol. The van der Waals surface area contributed by atoms with E-state index in [1.54, 1.807) is 18.3 Å². The summed E-state index contributed by atoms with van der Waals surface area (Å²) in [6.07, 6.45) is 1.16. The van der Waals surface area contributed by atoms with Gasteiger partial charge < -0.3 is 25.2 Å². The van der Waals surface area contributed by atoms with Gasteiger partial charge in [0.2, 0.25) is 0 Å². The van der Waals surface area contributed by atoms with Crippen LogP contribution in [0.15, 0.2) is 103 Å². The summed E-state index contributed by atoms with van der Waals surface area (Å²) in [5.41, 5.74) is 2.81. The number of aliphatic hydroxyl groups excluding tert-OH is 1. The van der Waals surface area contributed by atoms with Crippen LogP contribution in [0.4, 0.5) is 11.5 Å². The summed E-state index contributed by atoms with van der Waals surface area (Å²) < 4.78 is 5.86. The molecule has 1 aromatic heterocycles. The minimum Gasteiger partial charge on any atom is -0.492 e. The minimum absolute atomic E-state index is 0.272. The highest BCUT2D eigenvalue weighted by Crippen LogP contribution is 2.29. The van der Waals surface area contributed by atoms with Crippen molar-refractivity contribution < 1.29 is 19.7 Å². The highest BCUT2D eigenvalue weighted by Gasteiger charge is 2.21. The van der Waals surface area contributed by atoms with Crippen molar-refractivity contribution in [2.24, 2.45) is 0 Å². The molecule has 0 bridgehead atoms. The van der Waals surface area contributed by atoms with Crippen molar-refractivity contribution in [1.82, 2.24) is 4.98 Å². The number of ether oxygens (including phenoxy) is 1. The number of carboxylic acid groups (broad SMARTS) is 1. The lowest BCUT2D eigenvalue weighted by molar-refractivity contribution is -0.137. The number of para-hydroxylation sites is 1. The molecular weight excluding hydrogens is 466 g/mol. The lowest BCUT2D eigenvalue weighted by atomic mass is 9.99. The molecule has 4 aromatic rings. The quantitative estimate of drug-likeness (QED) is 0.259. The number of rotatable bonds is 12. The molecule has 7 nitrogen and oxygen atoms in total. The van der Waals surface area contributed by atoms with Gasteiger partial charge in [-0.3, -0.25) is 0 Å². The fourth-order valence-corrected chi connectivity index (χ4v) is 4.02. The van der Waals surface area contributed by atoms with Crippen LogP contribution in [0.25, 0.3) is 0 Å². The number of aliphatic hydroxyl groups is 1. The van der Waals surface area contributed by atoms with Gasteiger partial charge in [-0.2, -0.15) is 0 Å². The maximum atomic E-state index is 12.1. The van der Waals surface area contributed by atoms with Gasteiger partial charge in [-0.15, -0.1) is 0 Å². The van der Waals surface area contributed by atoms with Crippen molar-refractivity contribution in [3.05, 3.63) is 120 Å². The summed E-state index contributed by atoms with van der Waals surface area (Å²) in [5, 5.41) is 23.9. The van der Waals surface area contributed by atoms with Gasteiger partial charge in [0.05, 0.1) is 6.54 Å². The number of aromatic nitrogens is 1. The van der Waals surface area contributed by atoms with Gasteiger partial charge in [0.1, 0.15) is 30.3 Å². The van der Waals surface area contributed by atoms with Crippen LogP contribution >= 0.6 is 0 Å². The van der Waals surface area contributed by atoms with Crippen LogP contribution in [0.1, 0.15) is 22.8 Å². The Morgan fingerprint density at radius 1 is 0.946 bits per heavy atom. The van der Waals surface area contributed by atoms with E-state index in [9.17, 15) is 15.0 Å². The number of carboxylic acids is 1. The molecule has 0 aliphatic carbocycles. The molecule has 0 saturated heterocycles. The van der Waals surface area contributed by atoms with Crippen LogP contribution in [0, 0.1) is 0 Å². The first-order valence-electron chi connectivity index (χ1n) is 12.2. The molecule has 0 amide bonds. The molecule has 0 fully saturated rings. The van der Waals surface area contributed by atoms with Gasteiger partial charge in [0, 0.05) is 30.9 Å². The van der Waals surface area contributed by atoms with E-state index in [2.05, 4.69) is 10.3 Å². The van der Waals surface area contributed by atoms with Gasteiger partial charge in [0.25, 0.3) is 0 Å². The number of benzene rings is 3. The van der Waals surface area contributed by atoms with Crippen molar-refractivity contribution in [3.63, 3.8) is 0 Å². The van der Waals surface area contributed by atoms with Crippen LogP contribution < -0.4 is 15.0 Å². The van der Waals surface area contributed by atoms with Crippen molar-refractivity contribution in [1.29, 1.82) is 0 Å². The Morgan fingerprint density at radius 2 is 1.65 bits per heavy atom. The van der Waals surface area contributed by atoms with E-state index in [0.29, 0.717) is 30.2 Å². The number of carbonyl (C=O) groups is 1. The molecule has 4 rings (SSSR count). The van der Waals surface area contributed by atoms with Crippen molar-refractivity contribution >= 4 is 17.5 Å². The normalized spacial score (nSPS) is 12.4. The largest absolute Gasteiger partial charge is 0.492 e. The Bertz CT molecular complexity index is 1270. The Balaban J connectivity index is 1.37. The third-order valence-electron chi connectivity index (χ3n) is 6.10. The molecule has 0 radical (unpaired) electrons. The number of nitrogens with one attached hydrogen (secondary N) is 1. The zero-order valence-corrected chi connectivity index (χ0v) is 20.7. The molecule has 7 heteroatoms. The van der Waals surface area contributed by atoms with Crippen molar-refractivity contribution in [3.8, 4) is 5.75 Å². The fraction of sp³-hybridized carbons (Fsp3) is 0.200. The van der Waals surface area contributed by atoms with E-state index in [-0.39, 0.29) is 6.42 Å². The molecule has 0 spiro atoms. The predicted octanol–water partition coefficient (Wildman–Crippen LogP) is 4.79. The van der Waals surface area contributed by atoms with E-state index < -0.39 is 18.1 Å². The topological polar surface area (TPSA) is 94.9 Å². The molecule has 0 saturated carbocycles. The van der Waals surface area contributed by atoms with E-state index in [1.807, 2.05) is 96.9 Å². The van der Waals surface area contributed by atoms with Crippen LogP contribution in [-0.2, 0) is 11.2 Å². The minimum atomic E-state index is -0.970. The average molecular weight is 498 g/mol. The second-order valence-corrected chi connectivity index (χ2v) is 8.74. The van der Waals surface area contributed by atoms with Gasteiger partial charge in [-0.05, 0) is 41.5 Å². The number of nitrogens with zero attached hydrogens (tertiary/aromatic N) is 2. The smallest absolute Gasteiger partial charge is 0.326 e. The number of likely N-dealkylation sites (N-methyl/N-ethyl adjacent to an activating group) is 1. The van der Waals surface area contributed by atoms with Gasteiger partial charge in [-0.1, -0.05) is 66.7 Å². The van der Waals surface area contributed by atoms with Crippen molar-refractivity contribution in [2.75, 3.05) is 30.4 Å². The molecule has 3 N–H and O–H groups in total. The summed E-state index contributed by atoms with van der Waals surface area (Å²) in [6.45, 7) is 1.17. The summed E-state index contributed by atoms with van der Waals surface area (Å²) in [4.78, 5) is 18.4. The van der Waals surface area contributed by atoms with E-state index in [0.717, 1.165) is 16.9 Å². The fourth-order valence-electron chi connectivity index (χ4n) is 4.02. The second kappa shape index (κ2) is 12.6. The lowest BCUT2D eigenvalue weighted by Gasteiger charge is -2.21. The first kappa shape index (κ1) is 25.7. The Hall–Kier alpha value is -4.36. The van der Waals surface area contributed by atoms with Crippen LogP contribution in [0.2, 0.25) is 0 Å². The summed E-state index contributed by atoms with van der Waals surface area (Å²) in [5.74, 6) is 0.628. The average Bonchev–Trinajstić information content (AvgIpc) is 2.94. The van der Waals surface area contributed by atoms with Gasteiger partial charge in [-0.25, -0.2) is 9.78 Å². The summed E-state index contributed by atoms with van der Waals surface area (Å²) in [7, 11) is 1.96. The molecule has 0 aliphatic heterocycles. The number of hydrogen-bond donors (Lipinski definition) is 3. The first-order chi connectivity index (χ1) is 18.0. The molecule has 37 heavy (non-hydrogen) atoms. The zero-order valence-electron chi connectivity index (χ0n) is 20.7. The lowest BCUT2D eigenvalue weighted by Crippen LogP contribution is -2.32. The molecule has 190 valence electrons. The van der Waals surface area contributed by atoms with E-state index in [4.69, 9.17) is 4.74 Å². The van der Waals surface area contributed by atoms with Crippen LogP contribution in [0.5, 0.6) is 5.75 Å². The highest BCUT2D eigenvalue weighted by molar-refractivity contribution is 5.78. The van der Waals surface area contributed by atoms with Crippen LogP contribution in [-0.4, -0.2) is 47.4 Å². The maximum Gasteiger partial charge on any atom is 0.326 e. The summed E-state index contributed by atoms with van der Waals surface area (Å²) >= 11 is 0. The third-order valence-corrected chi connectivity index (χ3v) is 6.10. The van der Waals surface area contributed by atoms with E-state index in [1.165, 1.54) is 0 Å². The number of hydrogen-bond acceptors (Lipinski definition) is 6. The second-order valence-electron chi connectivity index (χ2n) is 8.74. The Morgan fingerprint density at radius 3 is 2.35 bits per heavy atom. The summed E-state index contributed by atoms with van der Waals surface area (Å²) in [6, 6.07) is 28.9. The van der Waals surface area contributed by atoms with Gasteiger partial charge >= 0.3 is 5.97 Å². The molecule has 0 unspecified atom stereocenters. The van der Waals surface area contributed by atoms with E-state index >= 15 is 0 Å². The third kappa shape index (κ3) is 7.08. The zero-order chi connectivity index (χ0) is 26.0. The Labute approximate surface area is 217 Å². The number of anilines is 2. The molecule has 3 aromatic carbocycles.